The maximum absolute atomic E-state index is 14.1. The van der Waals surface area contributed by atoms with Crippen molar-refractivity contribution in [2.24, 2.45) is 9.78 Å². The molecule has 2 atom stereocenters. The molecule has 1 saturated heterocycles. The molecule has 2 saturated carbocycles. The van der Waals surface area contributed by atoms with Crippen molar-refractivity contribution in [3.63, 3.8) is 0 Å². The molecule has 5 rings (SSSR count). The molecule has 0 bridgehead atoms. The highest BCUT2D eigenvalue weighted by atomic mass is 32.2. The molecule has 0 aromatic heterocycles. The summed E-state index contributed by atoms with van der Waals surface area (Å²) in [6.07, 6.45) is 1.90. The third-order valence-corrected chi connectivity index (χ3v) is 10.5. The van der Waals surface area contributed by atoms with Crippen LogP contribution in [0.3, 0.4) is 0 Å². The van der Waals surface area contributed by atoms with Gasteiger partial charge in [0.05, 0.1) is 4.90 Å². The second-order valence-electron chi connectivity index (χ2n) is 10.5. The minimum Gasteiger partial charge on any atom is -0.334 e. The molecule has 0 radical (unpaired) electrons. The quantitative estimate of drug-likeness (QED) is 0.535. The highest BCUT2D eigenvalue weighted by molar-refractivity contribution is 7.91. The van der Waals surface area contributed by atoms with Gasteiger partial charge in [-0.05, 0) is 57.2 Å². The number of amides is 1. The SMILES string of the molecule is CN=[S@](=O)(c1ccc(C)cc1)N1CCC[C@H]1C(=O)N(Cc1ccc(C)cc1)C1CC2(C1)CC2(F)F. The molecule has 2 aromatic carbocycles. The van der Waals surface area contributed by atoms with E-state index < -0.39 is 27.3 Å². The van der Waals surface area contributed by atoms with Gasteiger partial charge < -0.3 is 4.90 Å². The van der Waals surface area contributed by atoms with Crippen molar-refractivity contribution in [3.05, 3.63) is 65.2 Å². The van der Waals surface area contributed by atoms with Crippen LogP contribution >= 0.6 is 0 Å². The fourth-order valence-electron chi connectivity index (χ4n) is 5.70. The summed E-state index contributed by atoms with van der Waals surface area (Å²) in [5.74, 6) is -2.74. The Morgan fingerprint density at radius 2 is 1.66 bits per heavy atom. The highest BCUT2D eigenvalue weighted by Crippen LogP contribution is 2.71. The first-order chi connectivity index (χ1) is 16.6. The number of carbonyl (C=O) groups is 1. The van der Waals surface area contributed by atoms with Crippen LogP contribution < -0.4 is 0 Å². The van der Waals surface area contributed by atoms with Gasteiger partial charge in [0.2, 0.25) is 5.91 Å². The van der Waals surface area contributed by atoms with Gasteiger partial charge in [-0.3, -0.25) is 4.79 Å². The molecule has 8 heteroatoms. The lowest BCUT2D eigenvalue weighted by Crippen LogP contribution is -2.55. The minimum atomic E-state index is -2.96. The largest absolute Gasteiger partial charge is 0.334 e. The van der Waals surface area contributed by atoms with Crippen LogP contribution in [0.5, 0.6) is 0 Å². The van der Waals surface area contributed by atoms with Crippen molar-refractivity contribution >= 4 is 15.8 Å². The molecule has 1 amide bonds. The fourth-order valence-corrected chi connectivity index (χ4v) is 7.80. The first-order valence-corrected chi connectivity index (χ1v) is 13.8. The van der Waals surface area contributed by atoms with Crippen LogP contribution in [0.4, 0.5) is 8.78 Å². The van der Waals surface area contributed by atoms with E-state index in [0.29, 0.717) is 37.2 Å². The standard InChI is InChI=1S/C27H33F2N3O2S/c1-19-6-10-21(11-7-19)17-31(22-15-26(16-22)18-27(26,28)29)25(33)24-5-4-14-32(24)35(34,30-3)23-12-8-20(2)9-13-23/h6-13,22,24H,4-5,14-18H2,1-3H3/t22?,24-,26?,35+/m0/s1. The van der Waals surface area contributed by atoms with Crippen LogP contribution in [-0.2, 0) is 21.3 Å². The first kappa shape index (κ1) is 24.4. The van der Waals surface area contributed by atoms with Crippen LogP contribution in [0, 0.1) is 19.3 Å². The summed E-state index contributed by atoms with van der Waals surface area (Å²) in [7, 11) is -1.42. The Kier molecular flexibility index (Phi) is 6.03. The first-order valence-electron chi connectivity index (χ1n) is 12.3. The molecule has 0 unspecified atom stereocenters. The van der Waals surface area contributed by atoms with Gasteiger partial charge in [0.15, 0.2) is 0 Å². The number of aryl methyl sites for hydroxylation is 2. The van der Waals surface area contributed by atoms with Crippen LogP contribution in [0.15, 0.2) is 57.8 Å². The van der Waals surface area contributed by atoms with E-state index in [9.17, 15) is 17.8 Å². The minimum absolute atomic E-state index is 0.0748. The van der Waals surface area contributed by atoms with Gasteiger partial charge in [-0.15, -0.1) is 0 Å². The van der Waals surface area contributed by atoms with Crippen molar-refractivity contribution in [2.45, 2.75) is 75.4 Å². The van der Waals surface area contributed by atoms with E-state index in [1.165, 1.54) is 7.05 Å². The maximum atomic E-state index is 14.1. The summed E-state index contributed by atoms with van der Waals surface area (Å²) < 4.78 is 48.1. The number of hydrogen-bond donors (Lipinski definition) is 0. The normalized spacial score (nSPS) is 28.8. The smallest absolute Gasteiger partial charge is 0.254 e. The van der Waals surface area contributed by atoms with Crippen LogP contribution in [0.2, 0.25) is 0 Å². The van der Waals surface area contributed by atoms with E-state index >= 15 is 0 Å². The second kappa shape index (κ2) is 8.66. The summed E-state index contributed by atoms with van der Waals surface area (Å²) in [5.41, 5.74) is 2.22. The zero-order valence-electron chi connectivity index (χ0n) is 20.5. The Balaban J connectivity index is 1.43. The van der Waals surface area contributed by atoms with Crippen molar-refractivity contribution in [2.75, 3.05) is 13.6 Å². The predicted molar refractivity (Wildman–Crippen MR) is 132 cm³/mol. The average Bonchev–Trinajstić information content (AvgIpc) is 3.15. The Hall–Kier alpha value is -2.32. The molecule has 188 valence electrons. The van der Waals surface area contributed by atoms with Crippen molar-refractivity contribution in [1.29, 1.82) is 0 Å². The average molecular weight is 502 g/mol. The van der Waals surface area contributed by atoms with Crippen LogP contribution in [0.1, 0.15) is 48.8 Å². The zero-order valence-corrected chi connectivity index (χ0v) is 21.4. The number of rotatable bonds is 6. The van der Waals surface area contributed by atoms with E-state index in [1.54, 1.807) is 9.21 Å². The van der Waals surface area contributed by atoms with Gasteiger partial charge in [0.1, 0.15) is 16.0 Å². The van der Waals surface area contributed by atoms with Crippen molar-refractivity contribution in [1.82, 2.24) is 9.21 Å². The molecular weight excluding hydrogens is 468 g/mol. The Morgan fingerprint density at radius 3 is 2.20 bits per heavy atom. The molecule has 3 fully saturated rings. The summed E-state index contributed by atoms with van der Waals surface area (Å²) in [5, 5.41) is 0. The lowest BCUT2D eigenvalue weighted by Gasteiger charge is -2.45. The van der Waals surface area contributed by atoms with Gasteiger partial charge in [0.25, 0.3) is 5.92 Å². The molecule has 2 aliphatic carbocycles. The summed E-state index contributed by atoms with van der Waals surface area (Å²) in [6, 6.07) is 14.6. The maximum Gasteiger partial charge on any atom is 0.254 e. The zero-order chi connectivity index (χ0) is 25.0. The number of alkyl halides is 2. The lowest BCUT2D eigenvalue weighted by molar-refractivity contribution is -0.143. The summed E-state index contributed by atoms with van der Waals surface area (Å²) >= 11 is 0. The van der Waals surface area contributed by atoms with E-state index in [4.69, 9.17) is 0 Å². The van der Waals surface area contributed by atoms with E-state index in [1.807, 2.05) is 62.4 Å². The van der Waals surface area contributed by atoms with Gasteiger partial charge in [-0.1, -0.05) is 47.5 Å². The van der Waals surface area contributed by atoms with E-state index in [0.717, 1.165) is 23.1 Å². The number of nitrogens with zero attached hydrogens (tertiary/aromatic N) is 3. The second-order valence-corrected chi connectivity index (χ2v) is 12.8. The van der Waals surface area contributed by atoms with Gasteiger partial charge in [-0.2, -0.15) is 0 Å². The predicted octanol–water partition coefficient (Wildman–Crippen LogP) is 5.36. The molecule has 5 nitrogen and oxygen atoms in total. The number of benzene rings is 2. The summed E-state index contributed by atoms with van der Waals surface area (Å²) in [6.45, 7) is 4.84. The molecule has 1 heterocycles. The highest BCUT2D eigenvalue weighted by Gasteiger charge is 2.76. The topological polar surface area (TPSA) is 53.0 Å². The van der Waals surface area contributed by atoms with Crippen LogP contribution in [-0.4, -0.2) is 50.9 Å². The van der Waals surface area contributed by atoms with Crippen molar-refractivity contribution in [3.8, 4) is 0 Å². The number of hydrogen-bond acceptors (Lipinski definition) is 3. The molecule has 1 spiro atoms. The van der Waals surface area contributed by atoms with E-state index in [-0.39, 0.29) is 18.4 Å². The molecule has 35 heavy (non-hydrogen) atoms. The molecule has 3 aliphatic rings. The number of carbonyl (C=O) groups excluding carboxylic acids is 1. The monoisotopic (exact) mass is 501 g/mol. The summed E-state index contributed by atoms with van der Waals surface area (Å²) in [4.78, 5) is 16.4. The van der Waals surface area contributed by atoms with Crippen molar-refractivity contribution < 1.29 is 17.8 Å². The molecule has 1 aliphatic heterocycles. The molecular formula is C27H33F2N3O2S. The van der Waals surface area contributed by atoms with Gasteiger partial charge >= 0.3 is 0 Å². The molecule has 2 aromatic rings. The lowest BCUT2D eigenvalue weighted by atomic mass is 9.75. The van der Waals surface area contributed by atoms with E-state index in [2.05, 4.69) is 4.36 Å². The Labute approximate surface area is 206 Å². The number of halogens is 2. The van der Waals surface area contributed by atoms with Gasteiger partial charge in [-0.25, -0.2) is 21.7 Å². The van der Waals surface area contributed by atoms with Crippen LogP contribution in [0.25, 0.3) is 0 Å². The fraction of sp³-hybridized carbons (Fsp3) is 0.519. The Morgan fingerprint density at radius 1 is 1.09 bits per heavy atom. The third-order valence-electron chi connectivity index (χ3n) is 8.04. The Bertz CT molecular complexity index is 1230. The molecule has 0 N–H and O–H groups in total. The third kappa shape index (κ3) is 4.18. The van der Waals surface area contributed by atoms with Gasteiger partial charge in [0, 0.05) is 38.0 Å².